The second kappa shape index (κ2) is 7.61. The van der Waals surface area contributed by atoms with E-state index in [2.05, 4.69) is 10.3 Å². The molecular formula is C21H21N3O3. The van der Waals surface area contributed by atoms with Crippen LogP contribution in [0.3, 0.4) is 0 Å². The zero-order valence-electron chi connectivity index (χ0n) is 15.0. The predicted octanol–water partition coefficient (Wildman–Crippen LogP) is 2.08. The largest absolute Gasteiger partial charge is 0.484 e. The molecule has 1 aromatic heterocycles. The number of hydrogen-bond donors (Lipinski definition) is 1. The number of rotatable bonds is 6. The second-order valence-electron chi connectivity index (χ2n) is 6.64. The summed E-state index contributed by atoms with van der Waals surface area (Å²) in [6, 6.07) is 15.2. The highest BCUT2D eigenvalue weighted by atomic mass is 16.5. The highest BCUT2D eigenvalue weighted by molar-refractivity contribution is 5.80. The van der Waals surface area contributed by atoms with Gasteiger partial charge in [-0.1, -0.05) is 30.3 Å². The summed E-state index contributed by atoms with van der Waals surface area (Å²) >= 11 is 0. The first-order chi connectivity index (χ1) is 13.2. The Morgan fingerprint density at radius 2 is 2.04 bits per heavy atom. The number of ether oxygens (including phenoxy) is 1. The molecule has 138 valence electrons. The van der Waals surface area contributed by atoms with Crippen LogP contribution in [0.5, 0.6) is 5.75 Å². The number of nitrogens with one attached hydrogen (secondary N) is 1. The summed E-state index contributed by atoms with van der Waals surface area (Å²) in [5.74, 6) is 1.16. The van der Waals surface area contributed by atoms with Crippen LogP contribution in [-0.2, 0) is 24.2 Å². The number of benzene rings is 2. The van der Waals surface area contributed by atoms with E-state index in [1.54, 1.807) is 22.8 Å². The van der Waals surface area contributed by atoms with Crippen LogP contribution in [0.15, 0.2) is 53.3 Å². The lowest BCUT2D eigenvalue weighted by molar-refractivity contribution is -0.123. The average molecular weight is 363 g/mol. The number of amides is 1. The van der Waals surface area contributed by atoms with Crippen molar-refractivity contribution >= 4 is 16.8 Å². The molecule has 0 fully saturated rings. The third-order valence-electron chi connectivity index (χ3n) is 4.74. The Morgan fingerprint density at radius 3 is 2.89 bits per heavy atom. The van der Waals surface area contributed by atoms with E-state index >= 15 is 0 Å². The molecule has 2 heterocycles. The van der Waals surface area contributed by atoms with Gasteiger partial charge in [0, 0.05) is 19.5 Å². The number of hydrogen-bond acceptors (Lipinski definition) is 4. The number of carbonyl (C=O) groups is 1. The minimum Gasteiger partial charge on any atom is -0.484 e. The van der Waals surface area contributed by atoms with E-state index in [1.165, 1.54) is 5.56 Å². The van der Waals surface area contributed by atoms with Crippen LogP contribution < -0.4 is 15.6 Å². The van der Waals surface area contributed by atoms with Gasteiger partial charge in [-0.2, -0.15) is 0 Å². The molecule has 4 rings (SSSR count). The topological polar surface area (TPSA) is 73.2 Å². The van der Waals surface area contributed by atoms with Crippen molar-refractivity contribution in [2.45, 2.75) is 25.8 Å². The summed E-state index contributed by atoms with van der Waals surface area (Å²) in [6.45, 7) is 1.19. The van der Waals surface area contributed by atoms with Crippen molar-refractivity contribution < 1.29 is 9.53 Å². The van der Waals surface area contributed by atoms with Crippen LogP contribution >= 0.6 is 0 Å². The fourth-order valence-corrected chi connectivity index (χ4v) is 3.34. The van der Waals surface area contributed by atoms with Gasteiger partial charge in [0.2, 0.25) is 0 Å². The van der Waals surface area contributed by atoms with Crippen molar-refractivity contribution in [2.24, 2.45) is 0 Å². The minimum absolute atomic E-state index is 0.0368. The Morgan fingerprint density at radius 1 is 1.19 bits per heavy atom. The molecule has 6 nitrogen and oxygen atoms in total. The second-order valence-corrected chi connectivity index (χ2v) is 6.64. The molecule has 0 spiro atoms. The molecule has 1 N–H and O–H groups in total. The number of aryl methyl sites for hydroxylation is 1. The van der Waals surface area contributed by atoms with Gasteiger partial charge in [-0.3, -0.25) is 14.2 Å². The van der Waals surface area contributed by atoms with Gasteiger partial charge in [0.25, 0.3) is 11.5 Å². The first-order valence-electron chi connectivity index (χ1n) is 9.17. The van der Waals surface area contributed by atoms with E-state index < -0.39 is 0 Å². The zero-order valence-corrected chi connectivity index (χ0v) is 15.0. The summed E-state index contributed by atoms with van der Waals surface area (Å²) in [7, 11) is 0. The van der Waals surface area contributed by atoms with E-state index in [9.17, 15) is 9.59 Å². The Kier molecular flexibility index (Phi) is 4.87. The minimum atomic E-state index is -0.185. The molecular weight excluding hydrogens is 342 g/mol. The van der Waals surface area contributed by atoms with E-state index in [1.807, 2.05) is 30.3 Å². The fourth-order valence-electron chi connectivity index (χ4n) is 3.34. The van der Waals surface area contributed by atoms with Gasteiger partial charge in [0.15, 0.2) is 6.61 Å². The number of carbonyl (C=O) groups excluding carboxylic acids is 1. The molecule has 1 aliphatic heterocycles. The van der Waals surface area contributed by atoms with Gasteiger partial charge in [-0.15, -0.1) is 0 Å². The Labute approximate surface area is 156 Å². The van der Waals surface area contributed by atoms with Gasteiger partial charge >= 0.3 is 0 Å². The maximum absolute atomic E-state index is 12.6. The molecule has 0 aliphatic carbocycles. The molecule has 0 radical (unpaired) electrons. The monoisotopic (exact) mass is 363 g/mol. The Bertz CT molecular complexity index is 1030. The summed E-state index contributed by atoms with van der Waals surface area (Å²) in [4.78, 5) is 29.1. The number of nitrogens with zero attached hydrogens (tertiary/aromatic N) is 2. The van der Waals surface area contributed by atoms with Crippen molar-refractivity contribution in [3.05, 3.63) is 70.3 Å². The molecule has 3 aromatic rings. The summed E-state index contributed by atoms with van der Waals surface area (Å²) in [5, 5.41) is 3.37. The normalized spacial score (nSPS) is 12.7. The quantitative estimate of drug-likeness (QED) is 0.728. The average Bonchev–Trinajstić information content (AvgIpc) is 3.16. The Hall–Kier alpha value is -3.15. The maximum atomic E-state index is 12.6. The van der Waals surface area contributed by atoms with Crippen LogP contribution in [0.25, 0.3) is 10.9 Å². The smallest absolute Gasteiger partial charge is 0.261 e. The molecule has 0 saturated carbocycles. The number of aromatic nitrogens is 2. The van der Waals surface area contributed by atoms with E-state index in [4.69, 9.17) is 4.74 Å². The summed E-state index contributed by atoms with van der Waals surface area (Å²) in [6.07, 6.45) is 2.56. The van der Waals surface area contributed by atoms with Gasteiger partial charge in [-0.05, 0) is 36.6 Å². The fraction of sp³-hybridized carbons (Fsp3) is 0.286. The van der Waals surface area contributed by atoms with E-state index in [0.29, 0.717) is 29.7 Å². The molecule has 2 aromatic carbocycles. The van der Waals surface area contributed by atoms with Crippen LogP contribution in [0, 0.1) is 0 Å². The standard InChI is InChI=1S/C21H21N3O3/c25-20(22-11-10-15-5-2-1-3-6-15)14-27-16-8-9-18-17(13-16)21(26)24-12-4-7-19(24)23-18/h1-3,5-6,8-9,13H,4,7,10-12,14H2,(H,22,25). The zero-order chi connectivity index (χ0) is 18.6. The van der Waals surface area contributed by atoms with Gasteiger partial charge < -0.3 is 10.1 Å². The van der Waals surface area contributed by atoms with Crippen LogP contribution in [0.1, 0.15) is 17.8 Å². The molecule has 0 atom stereocenters. The van der Waals surface area contributed by atoms with Gasteiger partial charge in [-0.25, -0.2) is 4.98 Å². The molecule has 0 bridgehead atoms. The third kappa shape index (κ3) is 3.84. The summed E-state index contributed by atoms with van der Waals surface area (Å²) < 4.78 is 7.29. The van der Waals surface area contributed by atoms with E-state index in [0.717, 1.165) is 25.1 Å². The lowest BCUT2D eigenvalue weighted by Gasteiger charge is -2.09. The highest BCUT2D eigenvalue weighted by Crippen LogP contribution is 2.19. The first-order valence-corrected chi connectivity index (χ1v) is 9.17. The molecule has 27 heavy (non-hydrogen) atoms. The summed E-state index contributed by atoms with van der Waals surface area (Å²) in [5.41, 5.74) is 1.81. The SMILES string of the molecule is O=C(COc1ccc2nc3n(c(=O)c2c1)CCC3)NCCc1ccccc1. The van der Waals surface area contributed by atoms with Gasteiger partial charge in [0.1, 0.15) is 11.6 Å². The van der Waals surface area contributed by atoms with Crippen molar-refractivity contribution in [1.82, 2.24) is 14.9 Å². The number of fused-ring (bicyclic) bond motifs is 2. The first kappa shape index (κ1) is 17.3. The maximum Gasteiger partial charge on any atom is 0.261 e. The lowest BCUT2D eigenvalue weighted by atomic mass is 10.1. The third-order valence-corrected chi connectivity index (χ3v) is 4.74. The van der Waals surface area contributed by atoms with Crippen molar-refractivity contribution in [2.75, 3.05) is 13.2 Å². The lowest BCUT2D eigenvalue weighted by Crippen LogP contribution is -2.30. The molecule has 0 unspecified atom stereocenters. The molecule has 1 amide bonds. The van der Waals surface area contributed by atoms with Crippen molar-refractivity contribution in [1.29, 1.82) is 0 Å². The predicted molar refractivity (Wildman–Crippen MR) is 103 cm³/mol. The van der Waals surface area contributed by atoms with Crippen LogP contribution in [-0.4, -0.2) is 28.6 Å². The molecule has 0 saturated heterocycles. The van der Waals surface area contributed by atoms with E-state index in [-0.39, 0.29) is 18.1 Å². The van der Waals surface area contributed by atoms with Crippen LogP contribution in [0.4, 0.5) is 0 Å². The van der Waals surface area contributed by atoms with Gasteiger partial charge in [0.05, 0.1) is 10.9 Å². The van der Waals surface area contributed by atoms with Crippen molar-refractivity contribution in [3.8, 4) is 5.75 Å². The Balaban J connectivity index is 1.36. The van der Waals surface area contributed by atoms with Crippen LogP contribution in [0.2, 0.25) is 0 Å². The molecule has 1 aliphatic rings. The van der Waals surface area contributed by atoms with Crippen molar-refractivity contribution in [3.63, 3.8) is 0 Å². The highest BCUT2D eigenvalue weighted by Gasteiger charge is 2.16. The molecule has 6 heteroatoms.